The van der Waals surface area contributed by atoms with Crippen molar-refractivity contribution in [2.45, 2.75) is 6.18 Å². The molecular formula is C19H20F3N3O2. The van der Waals surface area contributed by atoms with Gasteiger partial charge in [-0.2, -0.15) is 13.2 Å². The highest BCUT2D eigenvalue weighted by molar-refractivity contribution is 5.97. The minimum atomic E-state index is -4.38. The van der Waals surface area contributed by atoms with Gasteiger partial charge in [-0.25, -0.2) is 4.98 Å². The largest absolute Gasteiger partial charge is 0.497 e. The molecule has 144 valence electrons. The number of carbonyl (C=O) groups excluding carboxylic acids is 1. The molecule has 0 radical (unpaired) electrons. The van der Waals surface area contributed by atoms with E-state index in [2.05, 4.69) is 4.98 Å². The second-order valence-corrected chi connectivity index (χ2v) is 6.32. The highest BCUT2D eigenvalue weighted by Gasteiger charge is 2.31. The zero-order chi connectivity index (χ0) is 19.4. The number of rotatable bonds is 5. The molecule has 5 nitrogen and oxygen atoms in total. The van der Waals surface area contributed by atoms with E-state index in [9.17, 15) is 18.0 Å². The monoisotopic (exact) mass is 379 g/mol. The van der Waals surface area contributed by atoms with Crippen molar-refractivity contribution < 1.29 is 22.7 Å². The van der Waals surface area contributed by atoms with Crippen LogP contribution in [-0.4, -0.2) is 55.5 Å². The van der Waals surface area contributed by atoms with Crippen molar-refractivity contribution in [3.05, 3.63) is 53.7 Å². The van der Waals surface area contributed by atoms with Crippen LogP contribution in [0.3, 0.4) is 0 Å². The summed E-state index contributed by atoms with van der Waals surface area (Å²) in [4.78, 5) is 20.3. The van der Waals surface area contributed by atoms with E-state index in [0.29, 0.717) is 49.9 Å². The van der Waals surface area contributed by atoms with Crippen LogP contribution >= 0.6 is 0 Å². The maximum Gasteiger partial charge on any atom is 0.417 e. The fourth-order valence-electron chi connectivity index (χ4n) is 2.95. The normalized spacial score (nSPS) is 15.6. The number of hydrogen-bond donors (Lipinski definition) is 0. The summed E-state index contributed by atoms with van der Waals surface area (Å²) in [6.45, 7) is 2.80. The lowest BCUT2D eigenvalue weighted by atomic mass is 10.1. The third-order valence-electron chi connectivity index (χ3n) is 4.55. The summed E-state index contributed by atoms with van der Waals surface area (Å²) in [6, 6.07) is 9.42. The predicted molar refractivity (Wildman–Crippen MR) is 95.2 cm³/mol. The lowest BCUT2D eigenvalue weighted by Crippen LogP contribution is -2.48. The molecule has 3 rings (SSSR count). The Balaban J connectivity index is 1.53. The topological polar surface area (TPSA) is 45.7 Å². The highest BCUT2D eigenvalue weighted by atomic mass is 19.4. The first kappa shape index (κ1) is 19.2. The third-order valence-corrected chi connectivity index (χ3v) is 4.55. The van der Waals surface area contributed by atoms with Gasteiger partial charge in [-0.15, -0.1) is 0 Å². The summed E-state index contributed by atoms with van der Waals surface area (Å²) in [7, 11) is 1.57. The van der Waals surface area contributed by atoms with E-state index in [0.717, 1.165) is 12.3 Å². The fraction of sp³-hybridized carbons (Fsp3) is 0.368. The first-order valence-electron chi connectivity index (χ1n) is 8.54. The Morgan fingerprint density at radius 2 is 1.74 bits per heavy atom. The van der Waals surface area contributed by atoms with Crippen LogP contribution in [0.15, 0.2) is 42.6 Å². The van der Waals surface area contributed by atoms with Gasteiger partial charge < -0.3 is 9.64 Å². The lowest BCUT2D eigenvalue weighted by molar-refractivity contribution is -0.137. The number of aromatic nitrogens is 1. The van der Waals surface area contributed by atoms with Gasteiger partial charge in [0.15, 0.2) is 5.78 Å². The molecule has 1 aliphatic rings. The number of Topliss-reactive ketones (excluding diaryl/α,β-unsaturated/α-hetero) is 1. The van der Waals surface area contributed by atoms with E-state index in [1.165, 1.54) is 6.07 Å². The molecule has 0 N–H and O–H groups in total. The van der Waals surface area contributed by atoms with E-state index < -0.39 is 11.7 Å². The van der Waals surface area contributed by atoms with Crippen LogP contribution in [-0.2, 0) is 6.18 Å². The van der Waals surface area contributed by atoms with Crippen LogP contribution in [0.4, 0.5) is 19.0 Å². The van der Waals surface area contributed by atoms with Crippen LogP contribution in [0, 0.1) is 0 Å². The Morgan fingerprint density at radius 1 is 1.07 bits per heavy atom. The molecule has 0 amide bonds. The number of piperazine rings is 1. The number of nitrogens with zero attached hydrogens (tertiary/aromatic N) is 3. The van der Waals surface area contributed by atoms with Gasteiger partial charge >= 0.3 is 6.18 Å². The van der Waals surface area contributed by atoms with Crippen LogP contribution in [0.2, 0.25) is 0 Å². The highest BCUT2D eigenvalue weighted by Crippen LogP contribution is 2.29. The summed E-state index contributed by atoms with van der Waals surface area (Å²) in [5.74, 6) is 1.24. The summed E-state index contributed by atoms with van der Waals surface area (Å²) >= 11 is 0. The van der Waals surface area contributed by atoms with Gasteiger partial charge in [0, 0.05) is 37.9 Å². The van der Waals surface area contributed by atoms with Crippen LogP contribution < -0.4 is 9.64 Å². The zero-order valence-corrected chi connectivity index (χ0v) is 14.9. The summed E-state index contributed by atoms with van der Waals surface area (Å²) < 4.78 is 42.9. The Bertz CT molecular complexity index is 768. The lowest BCUT2D eigenvalue weighted by Gasteiger charge is -2.35. The van der Waals surface area contributed by atoms with Crippen molar-refractivity contribution >= 4 is 11.6 Å². The summed E-state index contributed by atoms with van der Waals surface area (Å²) in [5, 5.41) is 0. The fourth-order valence-corrected chi connectivity index (χ4v) is 2.95. The molecule has 2 heterocycles. The smallest absolute Gasteiger partial charge is 0.417 e. The molecule has 0 saturated carbocycles. The van der Waals surface area contributed by atoms with Gasteiger partial charge in [-0.05, 0) is 36.4 Å². The van der Waals surface area contributed by atoms with Gasteiger partial charge in [0.25, 0.3) is 0 Å². The van der Waals surface area contributed by atoms with Crippen molar-refractivity contribution in [2.75, 3.05) is 44.7 Å². The van der Waals surface area contributed by atoms with Gasteiger partial charge in [0.05, 0.1) is 19.2 Å². The van der Waals surface area contributed by atoms with E-state index in [-0.39, 0.29) is 5.78 Å². The first-order chi connectivity index (χ1) is 12.9. The molecule has 1 fully saturated rings. The Morgan fingerprint density at radius 3 is 2.26 bits per heavy atom. The maximum atomic E-state index is 12.6. The number of methoxy groups -OCH3 is 1. The number of alkyl halides is 3. The average molecular weight is 379 g/mol. The molecule has 0 spiro atoms. The molecule has 1 saturated heterocycles. The molecule has 0 bridgehead atoms. The molecule has 0 aliphatic carbocycles. The maximum absolute atomic E-state index is 12.6. The number of ketones is 1. The number of carbonyl (C=O) groups is 1. The summed E-state index contributed by atoms with van der Waals surface area (Å²) in [6.07, 6.45) is -3.53. The van der Waals surface area contributed by atoms with Gasteiger partial charge in [-0.3, -0.25) is 9.69 Å². The van der Waals surface area contributed by atoms with Crippen molar-refractivity contribution in [3.8, 4) is 5.75 Å². The average Bonchev–Trinajstić information content (AvgIpc) is 2.68. The number of hydrogen-bond acceptors (Lipinski definition) is 5. The molecular weight excluding hydrogens is 359 g/mol. The number of pyridine rings is 1. The van der Waals surface area contributed by atoms with Crippen molar-refractivity contribution in [2.24, 2.45) is 0 Å². The van der Waals surface area contributed by atoms with Gasteiger partial charge in [-0.1, -0.05) is 0 Å². The van der Waals surface area contributed by atoms with Gasteiger partial charge in [0.2, 0.25) is 0 Å². The second kappa shape index (κ2) is 7.96. The molecule has 1 aromatic carbocycles. The van der Waals surface area contributed by atoms with E-state index >= 15 is 0 Å². The van der Waals surface area contributed by atoms with E-state index in [4.69, 9.17) is 4.74 Å². The van der Waals surface area contributed by atoms with E-state index in [1.807, 2.05) is 9.80 Å². The Kier molecular flexibility index (Phi) is 5.65. The standard InChI is InChI=1S/C19H20F3N3O2/c1-27-16-5-2-14(3-6-16)17(26)13-24-8-10-25(11-9-24)18-7-4-15(12-23-18)19(20,21)22/h2-7,12H,8-11,13H2,1H3. The van der Waals surface area contributed by atoms with Crippen LogP contribution in [0.5, 0.6) is 5.75 Å². The van der Waals surface area contributed by atoms with Gasteiger partial charge in [0.1, 0.15) is 11.6 Å². The molecule has 27 heavy (non-hydrogen) atoms. The number of anilines is 1. The predicted octanol–water partition coefficient (Wildman–Crippen LogP) is 3.11. The quantitative estimate of drug-likeness (QED) is 0.747. The SMILES string of the molecule is COc1ccc(C(=O)CN2CCN(c3ccc(C(F)(F)F)cn3)CC2)cc1. The minimum Gasteiger partial charge on any atom is -0.497 e. The van der Waals surface area contributed by atoms with Crippen molar-refractivity contribution in [3.63, 3.8) is 0 Å². The van der Waals surface area contributed by atoms with Crippen molar-refractivity contribution in [1.29, 1.82) is 0 Å². The summed E-state index contributed by atoms with van der Waals surface area (Å²) in [5.41, 5.74) is -0.127. The van der Waals surface area contributed by atoms with Crippen LogP contribution in [0.25, 0.3) is 0 Å². The second-order valence-electron chi connectivity index (χ2n) is 6.32. The van der Waals surface area contributed by atoms with Crippen LogP contribution in [0.1, 0.15) is 15.9 Å². The first-order valence-corrected chi connectivity index (χ1v) is 8.54. The molecule has 1 aromatic heterocycles. The van der Waals surface area contributed by atoms with E-state index in [1.54, 1.807) is 31.4 Å². The molecule has 0 unspecified atom stereocenters. The zero-order valence-electron chi connectivity index (χ0n) is 14.9. The molecule has 1 aliphatic heterocycles. The third kappa shape index (κ3) is 4.77. The number of ether oxygens (including phenoxy) is 1. The van der Waals surface area contributed by atoms with Crippen molar-refractivity contribution in [1.82, 2.24) is 9.88 Å². The minimum absolute atomic E-state index is 0.0266. The molecule has 2 aromatic rings. The molecule has 8 heteroatoms. The molecule has 0 atom stereocenters. The number of benzene rings is 1. The number of halogens is 3. The Hall–Kier alpha value is -2.61. The Labute approximate surface area is 155 Å².